The Morgan fingerprint density at radius 2 is 2.15 bits per heavy atom. The van der Waals surface area contributed by atoms with Gasteiger partial charge in [-0.3, -0.25) is 4.79 Å². The fourth-order valence-corrected chi connectivity index (χ4v) is 1.44. The molecule has 0 unspecified atom stereocenters. The van der Waals surface area contributed by atoms with Gasteiger partial charge in [-0.25, -0.2) is 0 Å². The van der Waals surface area contributed by atoms with Gasteiger partial charge in [-0.2, -0.15) is 0 Å². The van der Waals surface area contributed by atoms with Gasteiger partial charge < -0.3 is 9.64 Å². The summed E-state index contributed by atoms with van der Waals surface area (Å²) in [5.74, 6) is 0. The van der Waals surface area contributed by atoms with Crippen LogP contribution in [-0.4, -0.2) is 37.1 Å². The van der Waals surface area contributed by atoms with E-state index in [1.165, 1.54) is 19.3 Å². The molecular weight excluding hydrogens is 166 g/mol. The van der Waals surface area contributed by atoms with E-state index in [-0.39, 0.29) is 0 Å². The summed E-state index contributed by atoms with van der Waals surface area (Å²) in [4.78, 5) is 12.0. The molecule has 1 rings (SSSR count). The van der Waals surface area contributed by atoms with Gasteiger partial charge in [0.25, 0.3) is 0 Å². The van der Waals surface area contributed by atoms with Crippen molar-refractivity contribution in [3.8, 4) is 0 Å². The van der Waals surface area contributed by atoms with Crippen LogP contribution in [0, 0.1) is 0 Å². The summed E-state index contributed by atoms with van der Waals surface area (Å²) in [5.41, 5.74) is 0. The molecule has 0 aromatic rings. The molecular formula is C10H19NO2. The molecule has 3 nitrogen and oxygen atoms in total. The van der Waals surface area contributed by atoms with Crippen LogP contribution in [0.1, 0.15) is 32.6 Å². The van der Waals surface area contributed by atoms with Crippen molar-refractivity contribution in [3.63, 3.8) is 0 Å². The second kappa shape index (κ2) is 5.97. The van der Waals surface area contributed by atoms with Gasteiger partial charge in [0, 0.05) is 19.7 Å². The molecule has 1 aliphatic heterocycles. The Labute approximate surface area is 80.1 Å². The summed E-state index contributed by atoms with van der Waals surface area (Å²) in [7, 11) is 0. The number of carbonyl (C=O) groups excluding carboxylic acids is 1. The third-order valence-corrected chi connectivity index (χ3v) is 2.38. The van der Waals surface area contributed by atoms with Crippen molar-refractivity contribution in [1.29, 1.82) is 0 Å². The van der Waals surface area contributed by atoms with E-state index < -0.39 is 0 Å². The second-order valence-electron chi connectivity index (χ2n) is 3.61. The maximum atomic E-state index is 10.2. The normalized spacial score (nSPS) is 17.2. The fraction of sp³-hybridized carbons (Fsp3) is 0.900. The molecule has 13 heavy (non-hydrogen) atoms. The number of carbonyl (C=O) groups is 1. The van der Waals surface area contributed by atoms with Crippen molar-refractivity contribution in [1.82, 2.24) is 4.90 Å². The lowest BCUT2D eigenvalue weighted by Gasteiger charge is -2.35. The van der Waals surface area contributed by atoms with Crippen molar-refractivity contribution in [2.24, 2.45) is 0 Å². The molecule has 0 radical (unpaired) electrons. The van der Waals surface area contributed by atoms with Gasteiger partial charge in [0.2, 0.25) is 6.41 Å². The zero-order valence-electron chi connectivity index (χ0n) is 8.37. The molecule has 76 valence electrons. The number of amides is 1. The quantitative estimate of drug-likeness (QED) is 0.443. The van der Waals surface area contributed by atoms with Crippen LogP contribution in [0.4, 0.5) is 0 Å². The van der Waals surface area contributed by atoms with Gasteiger partial charge in [-0.15, -0.1) is 0 Å². The van der Waals surface area contributed by atoms with Crippen molar-refractivity contribution < 1.29 is 9.53 Å². The van der Waals surface area contributed by atoms with E-state index in [4.69, 9.17) is 4.74 Å². The number of nitrogens with zero attached hydrogens (tertiary/aromatic N) is 1. The first-order valence-corrected chi connectivity index (χ1v) is 5.17. The molecule has 0 N–H and O–H groups in total. The first kappa shape index (κ1) is 10.5. The maximum absolute atomic E-state index is 10.2. The lowest BCUT2D eigenvalue weighted by atomic mass is 10.2. The maximum Gasteiger partial charge on any atom is 0.209 e. The Hall–Kier alpha value is -0.570. The Bertz CT molecular complexity index is 144. The number of hydrogen-bond acceptors (Lipinski definition) is 2. The number of ether oxygens (including phenoxy) is 1. The molecule has 0 aliphatic carbocycles. The molecule has 1 saturated heterocycles. The molecule has 3 heteroatoms. The minimum absolute atomic E-state index is 0.312. The van der Waals surface area contributed by atoms with Crippen molar-refractivity contribution in [2.75, 3.05) is 19.7 Å². The molecule has 0 saturated carbocycles. The highest BCUT2D eigenvalue weighted by atomic mass is 16.5. The predicted octanol–water partition coefficient (Wildman–Crippen LogP) is 1.42. The van der Waals surface area contributed by atoms with Gasteiger partial charge >= 0.3 is 0 Å². The van der Waals surface area contributed by atoms with E-state index in [1.54, 1.807) is 4.90 Å². The second-order valence-corrected chi connectivity index (χ2v) is 3.61. The van der Waals surface area contributed by atoms with Gasteiger partial charge in [0.1, 0.15) is 0 Å². The Morgan fingerprint density at radius 1 is 1.38 bits per heavy atom. The van der Waals surface area contributed by atoms with Crippen LogP contribution in [0.3, 0.4) is 0 Å². The molecule has 0 spiro atoms. The van der Waals surface area contributed by atoms with Crippen molar-refractivity contribution in [2.45, 2.75) is 38.7 Å². The van der Waals surface area contributed by atoms with Crippen LogP contribution >= 0.6 is 0 Å². The van der Waals surface area contributed by atoms with E-state index in [1.807, 2.05) is 0 Å². The lowest BCUT2D eigenvalue weighted by molar-refractivity contribution is -0.131. The minimum Gasteiger partial charge on any atom is -0.375 e. The topological polar surface area (TPSA) is 29.5 Å². The number of rotatable bonds is 7. The zero-order chi connectivity index (χ0) is 9.52. The molecule has 1 fully saturated rings. The molecule has 1 amide bonds. The van der Waals surface area contributed by atoms with Crippen molar-refractivity contribution >= 4 is 6.41 Å². The Morgan fingerprint density at radius 3 is 2.77 bits per heavy atom. The first-order valence-electron chi connectivity index (χ1n) is 5.17. The summed E-state index contributed by atoms with van der Waals surface area (Å²) < 4.78 is 5.56. The minimum atomic E-state index is 0.312. The van der Waals surface area contributed by atoms with E-state index in [9.17, 15) is 4.79 Å². The lowest BCUT2D eigenvalue weighted by Crippen LogP contribution is -2.51. The Balaban J connectivity index is 1.82. The summed E-state index contributed by atoms with van der Waals surface area (Å²) >= 11 is 0. The standard InChI is InChI=1S/C10H19NO2/c1-2-3-4-5-6-13-10-7-11(8-10)9-12/h9-10H,2-8H2,1H3. The predicted molar refractivity (Wildman–Crippen MR) is 51.5 cm³/mol. The van der Waals surface area contributed by atoms with Crippen LogP contribution in [0.15, 0.2) is 0 Å². The van der Waals surface area contributed by atoms with Gasteiger partial charge in [0.05, 0.1) is 6.10 Å². The average Bonchev–Trinajstić information content (AvgIpc) is 2.08. The molecule has 0 aromatic heterocycles. The van der Waals surface area contributed by atoms with Crippen LogP contribution in [0.25, 0.3) is 0 Å². The van der Waals surface area contributed by atoms with E-state index in [0.29, 0.717) is 6.10 Å². The van der Waals surface area contributed by atoms with Crippen molar-refractivity contribution in [3.05, 3.63) is 0 Å². The van der Waals surface area contributed by atoms with Crippen LogP contribution < -0.4 is 0 Å². The monoisotopic (exact) mass is 185 g/mol. The summed E-state index contributed by atoms with van der Waals surface area (Å²) in [6, 6.07) is 0. The molecule has 0 bridgehead atoms. The highest BCUT2D eigenvalue weighted by Crippen LogP contribution is 2.09. The van der Waals surface area contributed by atoms with E-state index in [2.05, 4.69) is 6.92 Å². The van der Waals surface area contributed by atoms with Gasteiger partial charge in [0.15, 0.2) is 0 Å². The van der Waals surface area contributed by atoms with Crippen LogP contribution in [0.5, 0.6) is 0 Å². The largest absolute Gasteiger partial charge is 0.375 e. The Kier molecular flexibility index (Phi) is 4.83. The fourth-order valence-electron chi connectivity index (χ4n) is 1.44. The summed E-state index contributed by atoms with van der Waals surface area (Å²) in [5, 5.41) is 0. The highest BCUT2D eigenvalue weighted by molar-refractivity contribution is 5.48. The highest BCUT2D eigenvalue weighted by Gasteiger charge is 2.25. The van der Waals surface area contributed by atoms with Crippen LogP contribution in [-0.2, 0) is 9.53 Å². The number of hydrogen-bond donors (Lipinski definition) is 0. The summed E-state index contributed by atoms with van der Waals surface area (Å²) in [6.45, 7) is 4.64. The van der Waals surface area contributed by atoms with Crippen LogP contribution in [0.2, 0.25) is 0 Å². The van der Waals surface area contributed by atoms with E-state index >= 15 is 0 Å². The molecule has 0 aromatic carbocycles. The van der Waals surface area contributed by atoms with Gasteiger partial charge in [-0.05, 0) is 6.42 Å². The third-order valence-electron chi connectivity index (χ3n) is 2.38. The molecule has 1 aliphatic rings. The number of likely N-dealkylation sites (tertiary alicyclic amines) is 1. The molecule has 0 atom stereocenters. The zero-order valence-corrected chi connectivity index (χ0v) is 8.37. The molecule has 1 heterocycles. The summed E-state index contributed by atoms with van der Waals surface area (Å²) in [6.07, 6.45) is 6.19. The average molecular weight is 185 g/mol. The van der Waals surface area contributed by atoms with Gasteiger partial charge in [-0.1, -0.05) is 26.2 Å². The smallest absolute Gasteiger partial charge is 0.209 e. The first-order chi connectivity index (χ1) is 6.36. The SMILES string of the molecule is CCCCCCOC1CN(C=O)C1. The third kappa shape index (κ3) is 3.77. The number of unbranched alkanes of at least 4 members (excludes halogenated alkanes) is 3. The van der Waals surface area contributed by atoms with E-state index in [0.717, 1.165) is 32.5 Å².